The van der Waals surface area contributed by atoms with E-state index < -0.39 is 0 Å². The van der Waals surface area contributed by atoms with Gasteiger partial charge in [-0.3, -0.25) is 9.59 Å². The number of nitrogens with one attached hydrogen (secondary N) is 1. The van der Waals surface area contributed by atoms with Crippen molar-refractivity contribution in [2.45, 2.75) is 13.3 Å². The predicted molar refractivity (Wildman–Crippen MR) is 84.7 cm³/mol. The van der Waals surface area contributed by atoms with Crippen molar-refractivity contribution in [1.82, 2.24) is 20.4 Å². The summed E-state index contributed by atoms with van der Waals surface area (Å²) in [6.07, 6.45) is 0.460. The lowest BCUT2D eigenvalue weighted by Gasteiger charge is -2.15. The number of rotatable bonds is 6. The predicted octanol–water partition coefficient (Wildman–Crippen LogP) is 1.63. The lowest BCUT2D eigenvalue weighted by atomic mass is 10.4. The van der Waals surface area contributed by atoms with E-state index in [1.807, 2.05) is 0 Å². The van der Waals surface area contributed by atoms with Crippen LogP contribution >= 0.6 is 27.3 Å². The highest BCUT2D eigenvalue weighted by Gasteiger charge is 2.16. The molecule has 0 saturated carbocycles. The van der Waals surface area contributed by atoms with Gasteiger partial charge in [0.1, 0.15) is 0 Å². The van der Waals surface area contributed by atoms with Crippen LogP contribution in [0.1, 0.15) is 21.4 Å². The number of amides is 2. The molecule has 2 aromatic rings. The first kappa shape index (κ1) is 16.6. The summed E-state index contributed by atoms with van der Waals surface area (Å²) < 4.78 is 5.82. The van der Waals surface area contributed by atoms with Crippen LogP contribution in [-0.4, -0.2) is 47.0 Å². The third kappa shape index (κ3) is 4.63. The standard InChI is InChI=1S/C13H15BrN4O3S/c1-8-16-12(21-17-8)5-6-15-11(19)7-18(2)13(20)9-3-4-10(14)22-9/h3-4H,5-7H2,1-2H3,(H,15,19). The van der Waals surface area contributed by atoms with Gasteiger partial charge in [0.25, 0.3) is 5.91 Å². The van der Waals surface area contributed by atoms with Gasteiger partial charge < -0.3 is 14.7 Å². The molecule has 0 aliphatic rings. The minimum Gasteiger partial charge on any atom is -0.354 e. The second-order valence-electron chi connectivity index (χ2n) is 4.60. The third-order valence-corrected chi connectivity index (χ3v) is 4.35. The number of likely N-dealkylation sites (N-methyl/N-ethyl adjacent to an activating group) is 1. The van der Waals surface area contributed by atoms with Crippen molar-refractivity contribution in [3.05, 3.63) is 32.5 Å². The Hall–Kier alpha value is -1.74. The maximum Gasteiger partial charge on any atom is 0.264 e. The number of halogens is 1. The highest BCUT2D eigenvalue weighted by atomic mass is 79.9. The van der Waals surface area contributed by atoms with E-state index in [-0.39, 0.29) is 18.4 Å². The Morgan fingerprint density at radius 2 is 2.23 bits per heavy atom. The summed E-state index contributed by atoms with van der Waals surface area (Å²) >= 11 is 4.64. The van der Waals surface area contributed by atoms with Gasteiger partial charge in [-0.25, -0.2) is 0 Å². The molecule has 0 bridgehead atoms. The summed E-state index contributed by atoms with van der Waals surface area (Å²) in [4.78, 5) is 29.9. The van der Waals surface area contributed by atoms with E-state index in [4.69, 9.17) is 4.52 Å². The van der Waals surface area contributed by atoms with Gasteiger partial charge in [-0.15, -0.1) is 11.3 Å². The summed E-state index contributed by atoms with van der Waals surface area (Å²) in [5.74, 6) is 0.625. The van der Waals surface area contributed by atoms with Gasteiger partial charge in [0.05, 0.1) is 15.2 Å². The minimum atomic E-state index is -0.234. The number of hydrogen-bond donors (Lipinski definition) is 1. The van der Waals surface area contributed by atoms with E-state index in [2.05, 4.69) is 31.4 Å². The highest BCUT2D eigenvalue weighted by Crippen LogP contribution is 2.22. The van der Waals surface area contributed by atoms with Gasteiger partial charge >= 0.3 is 0 Å². The molecule has 2 rings (SSSR count). The SMILES string of the molecule is Cc1noc(CCNC(=O)CN(C)C(=O)c2ccc(Br)s2)n1. The number of aryl methyl sites for hydroxylation is 1. The molecule has 0 spiro atoms. The van der Waals surface area contributed by atoms with Crippen LogP contribution in [0.15, 0.2) is 20.4 Å². The minimum absolute atomic E-state index is 0.00276. The van der Waals surface area contributed by atoms with Crippen LogP contribution in [0.5, 0.6) is 0 Å². The van der Waals surface area contributed by atoms with Crippen LogP contribution < -0.4 is 5.32 Å². The number of hydrogen-bond acceptors (Lipinski definition) is 6. The first-order chi connectivity index (χ1) is 10.5. The normalized spacial score (nSPS) is 10.5. The molecule has 0 radical (unpaired) electrons. The summed E-state index contributed by atoms with van der Waals surface area (Å²) in [6.45, 7) is 2.11. The first-order valence-electron chi connectivity index (χ1n) is 6.52. The Morgan fingerprint density at radius 3 is 2.82 bits per heavy atom. The summed E-state index contributed by atoms with van der Waals surface area (Å²) in [5, 5.41) is 6.38. The second-order valence-corrected chi connectivity index (χ2v) is 7.06. The maximum atomic E-state index is 12.1. The van der Waals surface area contributed by atoms with E-state index in [1.165, 1.54) is 16.2 Å². The van der Waals surface area contributed by atoms with E-state index in [9.17, 15) is 9.59 Å². The van der Waals surface area contributed by atoms with Crippen molar-refractivity contribution >= 4 is 39.1 Å². The van der Waals surface area contributed by atoms with Crippen LogP contribution in [0.25, 0.3) is 0 Å². The molecular formula is C13H15BrN4O3S. The van der Waals surface area contributed by atoms with Crippen molar-refractivity contribution in [3.63, 3.8) is 0 Å². The number of thiophene rings is 1. The first-order valence-corrected chi connectivity index (χ1v) is 8.13. The van der Waals surface area contributed by atoms with Crippen LogP contribution in [0.2, 0.25) is 0 Å². The maximum absolute atomic E-state index is 12.1. The average Bonchev–Trinajstić information content (AvgIpc) is 3.06. The van der Waals surface area contributed by atoms with Gasteiger partial charge in [0.2, 0.25) is 11.8 Å². The number of aromatic nitrogens is 2. The van der Waals surface area contributed by atoms with Crippen molar-refractivity contribution < 1.29 is 14.1 Å². The average molecular weight is 387 g/mol. The molecule has 22 heavy (non-hydrogen) atoms. The Balaban J connectivity index is 1.75. The molecule has 0 fully saturated rings. The van der Waals surface area contributed by atoms with Gasteiger partial charge in [-0.05, 0) is 35.0 Å². The van der Waals surface area contributed by atoms with Gasteiger partial charge in [0.15, 0.2) is 5.82 Å². The molecule has 2 aromatic heterocycles. The second kappa shape index (κ2) is 7.50. The van der Waals surface area contributed by atoms with Gasteiger partial charge in [-0.1, -0.05) is 5.16 Å². The van der Waals surface area contributed by atoms with Crippen molar-refractivity contribution in [2.75, 3.05) is 20.1 Å². The molecule has 0 aliphatic carbocycles. The van der Waals surface area contributed by atoms with Crippen molar-refractivity contribution in [3.8, 4) is 0 Å². The zero-order chi connectivity index (χ0) is 16.1. The molecule has 9 heteroatoms. The zero-order valence-electron chi connectivity index (χ0n) is 12.1. The number of carbonyl (C=O) groups is 2. The largest absolute Gasteiger partial charge is 0.354 e. The summed E-state index contributed by atoms with van der Waals surface area (Å²) in [5.41, 5.74) is 0. The van der Waals surface area contributed by atoms with Gasteiger partial charge in [-0.2, -0.15) is 4.98 Å². The quantitative estimate of drug-likeness (QED) is 0.814. The van der Waals surface area contributed by atoms with E-state index in [0.29, 0.717) is 29.6 Å². The molecule has 0 unspecified atom stereocenters. The number of carbonyl (C=O) groups excluding carboxylic acids is 2. The Bertz CT molecular complexity index is 670. The highest BCUT2D eigenvalue weighted by molar-refractivity contribution is 9.11. The molecule has 7 nitrogen and oxygen atoms in total. The zero-order valence-corrected chi connectivity index (χ0v) is 14.5. The fourth-order valence-electron chi connectivity index (χ4n) is 1.71. The van der Waals surface area contributed by atoms with E-state index in [0.717, 1.165) is 3.79 Å². The molecule has 1 N–H and O–H groups in total. The Morgan fingerprint density at radius 1 is 1.45 bits per heavy atom. The molecule has 0 aromatic carbocycles. The molecule has 2 heterocycles. The van der Waals surface area contributed by atoms with Crippen LogP contribution in [0.4, 0.5) is 0 Å². The van der Waals surface area contributed by atoms with Gasteiger partial charge in [0, 0.05) is 20.0 Å². The Labute approximate surface area is 139 Å². The molecular weight excluding hydrogens is 372 g/mol. The fraction of sp³-hybridized carbons (Fsp3) is 0.385. The topological polar surface area (TPSA) is 88.3 Å². The molecule has 2 amide bonds. The monoisotopic (exact) mass is 386 g/mol. The number of nitrogens with zero attached hydrogens (tertiary/aromatic N) is 3. The molecule has 0 atom stereocenters. The lowest BCUT2D eigenvalue weighted by molar-refractivity contribution is -0.121. The van der Waals surface area contributed by atoms with E-state index in [1.54, 1.807) is 26.1 Å². The van der Waals surface area contributed by atoms with Crippen LogP contribution in [0.3, 0.4) is 0 Å². The van der Waals surface area contributed by atoms with E-state index >= 15 is 0 Å². The fourth-order valence-corrected chi connectivity index (χ4v) is 3.09. The van der Waals surface area contributed by atoms with Crippen LogP contribution in [-0.2, 0) is 11.2 Å². The molecule has 0 saturated heterocycles. The lowest BCUT2D eigenvalue weighted by Crippen LogP contribution is -2.38. The van der Waals surface area contributed by atoms with Crippen molar-refractivity contribution in [1.29, 1.82) is 0 Å². The smallest absolute Gasteiger partial charge is 0.264 e. The molecule has 118 valence electrons. The van der Waals surface area contributed by atoms with Crippen LogP contribution in [0, 0.1) is 6.92 Å². The summed E-state index contributed by atoms with van der Waals surface area (Å²) in [6, 6.07) is 3.53. The Kier molecular flexibility index (Phi) is 5.67. The van der Waals surface area contributed by atoms with Crippen molar-refractivity contribution in [2.24, 2.45) is 0 Å². The summed E-state index contributed by atoms with van der Waals surface area (Å²) in [7, 11) is 1.59. The third-order valence-electron chi connectivity index (χ3n) is 2.74. The molecule has 0 aliphatic heterocycles.